The normalized spacial score (nSPS) is 14.3. The molecule has 1 aliphatic carbocycles. The van der Waals surface area contributed by atoms with Crippen LogP contribution in [0.4, 0.5) is 0 Å². The van der Waals surface area contributed by atoms with Gasteiger partial charge in [0.1, 0.15) is 17.3 Å². The number of aryl methyl sites for hydroxylation is 1. The third-order valence-corrected chi connectivity index (χ3v) is 2.13. The van der Waals surface area contributed by atoms with Gasteiger partial charge in [-0.05, 0) is 31.2 Å². The lowest BCUT2D eigenvalue weighted by Crippen LogP contribution is -1.79. The maximum atomic E-state index is 9.67. The van der Waals surface area contributed by atoms with Crippen LogP contribution in [0.2, 0.25) is 0 Å². The molecule has 2 rings (SSSR count). The second-order valence-electron chi connectivity index (χ2n) is 3.34. The van der Waals surface area contributed by atoms with Gasteiger partial charge >= 0.3 is 0 Å². The van der Waals surface area contributed by atoms with Crippen LogP contribution in [0.3, 0.4) is 0 Å². The van der Waals surface area contributed by atoms with Crippen LogP contribution >= 0.6 is 0 Å². The van der Waals surface area contributed by atoms with E-state index in [1.165, 1.54) is 0 Å². The molecule has 2 nitrogen and oxygen atoms in total. The highest BCUT2D eigenvalue weighted by molar-refractivity contribution is 5.52. The van der Waals surface area contributed by atoms with Gasteiger partial charge in [-0.15, -0.1) is 0 Å². The summed E-state index contributed by atoms with van der Waals surface area (Å²) in [6.45, 7) is 1.89. The summed E-state index contributed by atoms with van der Waals surface area (Å²) < 4.78 is 5.34. The molecule has 1 aliphatic rings. The van der Waals surface area contributed by atoms with Gasteiger partial charge in [0.2, 0.25) is 0 Å². The number of aliphatic hydroxyl groups excluding tert-OH is 1. The first-order chi connectivity index (χ1) is 7.25. The van der Waals surface area contributed by atoms with Gasteiger partial charge in [0.05, 0.1) is 0 Å². The Morgan fingerprint density at radius 2 is 2.00 bits per heavy atom. The summed E-state index contributed by atoms with van der Waals surface area (Å²) in [5.74, 6) is 1.85. The summed E-state index contributed by atoms with van der Waals surface area (Å²) in [5.41, 5.74) is 0.814. The Bertz CT molecular complexity index is 456. The average Bonchev–Trinajstić information content (AvgIpc) is 2.84. The quantitative estimate of drug-likeness (QED) is 0.741. The molecule has 0 radical (unpaired) electrons. The molecule has 0 saturated heterocycles. The Morgan fingerprint density at radius 1 is 1.27 bits per heavy atom. The lowest BCUT2D eigenvalue weighted by atomic mass is 10.2. The highest BCUT2D eigenvalue weighted by atomic mass is 16.3. The molecule has 2 heteroatoms. The van der Waals surface area contributed by atoms with E-state index in [-0.39, 0.29) is 5.76 Å². The molecule has 0 spiro atoms. The largest absolute Gasteiger partial charge is 0.507 e. The van der Waals surface area contributed by atoms with E-state index < -0.39 is 0 Å². The summed E-state index contributed by atoms with van der Waals surface area (Å²) in [5, 5.41) is 9.67. The number of hydrogen-bond acceptors (Lipinski definition) is 2. The molecule has 0 aliphatic heterocycles. The molecular formula is C13H12O2. The van der Waals surface area contributed by atoms with Crippen molar-refractivity contribution in [1.29, 1.82) is 0 Å². The molecule has 1 aromatic heterocycles. The molecule has 1 heterocycles. The summed E-state index contributed by atoms with van der Waals surface area (Å²) in [6.07, 6.45) is 10.9. The molecule has 0 atom stereocenters. The topological polar surface area (TPSA) is 33.4 Å². The minimum absolute atomic E-state index is 0.244. The minimum atomic E-state index is 0.244. The van der Waals surface area contributed by atoms with Gasteiger partial charge in [0, 0.05) is 5.57 Å². The zero-order valence-corrected chi connectivity index (χ0v) is 8.47. The highest BCUT2D eigenvalue weighted by Gasteiger charge is 1.99. The van der Waals surface area contributed by atoms with Crippen LogP contribution in [0.5, 0.6) is 0 Å². The zero-order chi connectivity index (χ0) is 10.7. The molecule has 1 aromatic rings. The van der Waals surface area contributed by atoms with Crippen LogP contribution in [0.15, 0.2) is 58.3 Å². The van der Waals surface area contributed by atoms with Crippen LogP contribution in [0, 0.1) is 6.92 Å². The predicted octanol–water partition coefficient (Wildman–Crippen LogP) is 3.54. The van der Waals surface area contributed by atoms with Crippen molar-refractivity contribution in [3.05, 3.63) is 65.4 Å². The highest BCUT2D eigenvalue weighted by Crippen LogP contribution is 2.14. The third-order valence-electron chi connectivity index (χ3n) is 2.13. The number of rotatable bonds is 2. The number of aliphatic hydroxyl groups is 1. The van der Waals surface area contributed by atoms with Crippen molar-refractivity contribution >= 4 is 6.08 Å². The van der Waals surface area contributed by atoms with Gasteiger partial charge in [-0.1, -0.05) is 24.3 Å². The molecule has 0 fully saturated rings. The standard InChI is InChI=1S/C13H12O2/c1-10-6-7-12(15-10)8-9-13(14)11-4-2-3-5-11/h2-9,14H,1H3/b9-8+. The van der Waals surface area contributed by atoms with E-state index in [4.69, 9.17) is 4.42 Å². The monoisotopic (exact) mass is 200 g/mol. The maximum absolute atomic E-state index is 9.67. The minimum Gasteiger partial charge on any atom is -0.507 e. The second-order valence-corrected chi connectivity index (χ2v) is 3.34. The fourth-order valence-electron chi connectivity index (χ4n) is 1.35. The zero-order valence-electron chi connectivity index (χ0n) is 8.47. The van der Waals surface area contributed by atoms with E-state index in [1.807, 2.05) is 43.4 Å². The van der Waals surface area contributed by atoms with Crippen LogP contribution < -0.4 is 0 Å². The first-order valence-electron chi connectivity index (χ1n) is 4.78. The predicted molar refractivity (Wildman–Crippen MR) is 60.4 cm³/mol. The maximum Gasteiger partial charge on any atom is 0.127 e. The summed E-state index contributed by atoms with van der Waals surface area (Å²) in [6, 6.07) is 3.75. The van der Waals surface area contributed by atoms with E-state index in [0.29, 0.717) is 0 Å². The third kappa shape index (κ3) is 2.29. The number of hydrogen-bond donors (Lipinski definition) is 1. The molecule has 0 unspecified atom stereocenters. The van der Waals surface area contributed by atoms with E-state index in [9.17, 15) is 5.11 Å². The summed E-state index contributed by atoms with van der Waals surface area (Å²) in [4.78, 5) is 0. The molecule has 15 heavy (non-hydrogen) atoms. The van der Waals surface area contributed by atoms with E-state index in [1.54, 1.807) is 12.2 Å². The Balaban J connectivity index is 2.15. The fourth-order valence-corrected chi connectivity index (χ4v) is 1.35. The van der Waals surface area contributed by atoms with Crippen molar-refractivity contribution in [1.82, 2.24) is 0 Å². The fraction of sp³-hybridized carbons (Fsp3) is 0.0769. The molecule has 0 aromatic carbocycles. The van der Waals surface area contributed by atoms with Crippen LogP contribution in [0.1, 0.15) is 11.5 Å². The first kappa shape index (κ1) is 9.59. The molecule has 1 N–H and O–H groups in total. The van der Waals surface area contributed by atoms with Gasteiger partial charge in [0.25, 0.3) is 0 Å². The van der Waals surface area contributed by atoms with Crippen molar-refractivity contribution < 1.29 is 9.52 Å². The van der Waals surface area contributed by atoms with E-state index in [2.05, 4.69) is 0 Å². The van der Waals surface area contributed by atoms with Gasteiger partial charge in [-0.3, -0.25) is 0 Å². The van der Waals surface area contributed by atoms with Crippen LogP contribution in [-0.4, -0.2) is 5.11 Å². The molecule has 76 valence electrons. The number of allylic oxidation sites excluding steroid dienone is 6. The summed E-state index contributed by atoms with van der Waals surface area (Å²) >= 11 is 0. The van der Waals surface area contributed by atoms with Crippen molar-refractivity contribution in [3.8, 4) is 0 Å². The molecular weight excluding hydrogens is 188 g/mol. The Kier molecular flexibility index (Phi) is 2.59. The van der Waals surface area contributed by atoms with Gasteiger partial charge in [-0.25, -0.2) is 0 Å². The van der Waals surface area contributed by atoms with Gasteiger partial charge in [-0.2, -0.15) is 0 Å². The lowest BCUT2D eigenvalue weighted by Gasteiger charge is -1.93. The average molecular weight is 200 g/mol. The lowest BCUT2D eigenvalue weighted by molar-refractivity contribution is 0.429. The first-order valence-corrected chi connectivity index (χ1v) is 4.78. The number of furan rings is 1. The molecule has 0 amide bonds. The Morgan fingerprint density at radius 3 is 2.60 bits per heavy atom. The second kappa shape index (κ2) is 4.05. The van der Waals surface area contributed by atoms with E-state index in [0.717, 1.165) is 17.1 Å². The van der Waals surface area contributed by atoms with Crippen LogP contribution in [0.25, 0.3) is 6.08 Å². The van der Waals surface area contributed by atoms with E-state index >= 15 is 0 Å². The smallest absolute Gasteiger partial charge is 0.127 e. The SMILES string of the molecule is Cc1ccc(/C=C/C(O)=C2C=CC=C2)o1. The van der Waals surface area contributed by atoms with Crippen molar-refractivity contribution in [2.75, 3.05) is 0 Å². The van der Waals surface area contributed by atoms with Crippen molar-refractivity contribution in [2.45, 2.75) is 6.92 Å². The molecule has 0 bridgehead atoms. The Hall–Kier alpha value is -1.96. The van der Waals surface area contributed by atoms with Gasteiger partial charge in [0.15, 0.2) is 0 Å². The van der Waals surface area contributed by atoms with Gasteiger partial charge < -0.3 is 9.52 Å². The van der Waals surface area contributed by atoms with Crippen molar-refractivity contribution in [2.24, 2.45) is 0 Å². The summed E-state index contributed by atoms with van der Waals surface area (Å²) in [7, 11) is 0. The van der Waals surface area contributed by atoms with Crippen LogP contribution in [-0.2, 0) is 0 Å². The Labute approximate surface area is 88.5 Å². The molecule has 0 saturated carbocycles. The van der Waals surface area contributed by atoms with Crippen molar-refractivity contribution in [3.63, 3.8) is 0 Å².